The summed E-state index contributed by atoms with van der Waals surface area (Å²) in [4.78, 5) is 4.39. The van der Waals surface area contributed by atoms with Crippen molar-refractivity contribution in [1.29, 1.82) is 0 Å². The molecule has 98 valence electrons. The van der Waals surface area contributed by atoms with Crippen LogP contribution in [-0.2, 0) is 6.42 Å². The SMILES string of the molecule is c1ccc(CCCCCNC2=NCCCN2)cc1. The van der Waals surface area contributed by atoms with Gasteiger partial charge in [-0.1, -0.05) is 36.8 Å². The topological polar surface area (TPSA) is 36.4 Å². The molecule has 1 aliphatic heterocycles. The summed E-state index contributed by atoms with van der Waals surface area (Å²) in [6, 6.07) is 10.7. The Bertz CT molecular complexity index is 359. The van der Waals surface area contributed by atoms with Crippen LogP contribution in [0.1, 0.15) is 31.2 Å². The third kappa shape index (κ3) is 4.78. The van der Waals surface area contributed by atoms with Crippen molar-refractivity contribution in [3.05, 3.63) is 35.9 Å². The molecule has 0 aromatic heterocycles. The first-order valence-electron chi connectivity index (χ1n) is 7.01. The molecular weight excluding hydrogens is 222 g/mol. The molecule has 1 aliphatic rings. The van der Waals surface area contributed by atoms with Gasteiger partial charge < -0.3 is 10.6 Å². The Morgan fingerprint density at radius 3 is 2.78 bits per heavy atom. The summed E-state index contributed by atoms with van der Waals surface area (Å²) >= 11 is 0. The van der Waals surface area contributed by atoms with Crippen LogP contribution in [0.25, 0.3) is 0 Å². The van der Waals surface area contributed by atoms with Crippen molar-refractivity contribution in [3.8, 4) is 0 Å². The van der Waals surface area contributed by atoms with Gasteiger partial charge in [0.1, 0.15) is 0 Å². The second-order valence-corrected chi connectivity index (χ2v) is 4.73. The molecule has 3 heteroatoms. The van der Waals surface area contributed by atoms with Crippen LogP contribution in [0.3, 0.4) is 0 Å². The van der Waals surface area contributed by atoms with Gasteiger partial charge in [0, 0.05) is 19.6 Å². The highest BCUT2D eigenvalue weighted by Crippen LogP contribution is 2.05. The number of aryl methyl sites for hydroxylation is 1. The van der Waals surface area contributed by atoms with Gasteiger partial charge in [-0.3, -0.25) is 4.99 Å². The number of guanidine groups is 1. The number of rotatable bonds is 6. The Labute approximate surface area is 110 Å². The molecule has 1 heterocycles. The predicted octanol–water partition coefficient (Wildman–Crippen LogP) is 2.34. The molecule has 0 fully saturated rings. The number of benzene rings is 1. The van der Waals surface area contributed by atoms with Gasteiger partial charge in [-0.05, 0) is 31.2 Å². The van der Waals surface area contributed by atoms with E-state index in [1.165, 1.54) is 31.2 Å². The lowest BCUT2D eigenvalue weighted by Gasteiger charge is -2.15. The van der Waals surface area contributed by atoms with Crippen molar-refractivity contribution < 1.29 is 0 Å². The van der Waals surface area contributed by atoms with Crippen LogP contribution in [-0.4, -0.2) is 25.6 Å². The molecule has 0 saturated carbocycles. The minimum atomic E-state index is 0.962. The van der Waals surface area contributed by atoms with E-state index in [4.69, 9.17) is 0 Å². The van der Waals surface area contributed by atoms with Crippen molar-refractivity contribution in [3.63, 3.8) is 0 Å². The first kappa shape index (κ1) is 12.9. The van der Waals surface area contributed by atoms with Crippen molar-refractivity contribution in [1.82, 2.24) is 10.6 Å². The Balaban J connectivity index is 1.50. The monoisotopic (exact) mass is 245 g/mol. The molecule has 0 aliphatic carbocycles. The van der Waals surface area contributed by atoms with Gasteiger partial charge in [-0.25, -0.2) is 0 Å². The van der Waals surface area contributed by atoms with Crippen LogP contribution in [0.5, 0.6) is 0 Å². The van der Waals surface area contributed by atoms with E-state index < -0.39 is 0 Å². The largest absolute Gasteiger partial charge is 0.356 e. The zero-order chi connectivity index (χ0) is 12.5. The van der Waals surface area contributed by atoms with Gasteiger partial charge in [0.15, 0.2) is 5.96 Å². The maximum Gasteiger partial charge on any atom is 0.191 e. The lowest BCUT2D eigenvalue weighted by atomic mass is 10.1. The summed E-state index contributed by atoms with van der Waals surface area (Å²) in [7, 11) is 0. The van der Waals surface area contributed by atoms with Crippen LogP contribution < -0.4 is 10.6 Å². The van der Waals surface area contributed by atoms with Crippen LogP contribution in [0.4, 0.5) is 0 Å². The van der Waals surface area contributed by atoms with Crippen molar-refractivity contribution in [2.75, 3.05) is 19.6 Å². The molecular formula is C15H23N3. The average molecular weight is 245 g/mol. The highest BCUT2D eigenvalue weighted by atomic mass is 15.2. The first-order chi connectivity index (χ1) is 8.95. The normalized spacial score (nSPS) is 14.8. The molecule has 0 spiro atoms. The molecule has 1 aromatic rings. The molecule has 0 saturated heterocycles. The second kappa shape index (κ2) is 7.75. The zero-order valence-electron chi connectivity index (χ0n) is 11.0. The number of nitrogens with one attached hydrogen (secondary N) is 2. The number of hydrogen-bond donors (Lipinski definition) is 2. The summed E-state index contributed by atoms with van der Waals surface area (Å²) in [5.74, 6) is 0.990. The molecule has 0 amide bonds. The fourth-order valence-corrected chi connectivity index (χ4v) is 2.13. The molecule has 1 aromatic carbocycles. The Hall–Kier alpha value is -1.51. The maximum atomic E-state index is 4.39. The van der Waals surface area contributed by atoms with Gasteiger partial charge in [-0.15, -0.1) is 0 Å². The van der Waals surface area contributed by atoms with Crippen LogP contribution in [0.15, 0.2) is 35.3 Å². The Morgan fingerprint density at radius 1 is 1.11 bits per heavy atom. The molecule has 3 nitrogen and oxygen atoms in total. The summed E-state index contributed by atoms with van der Waals surface area (Å²) in [6.07, 6.45) is 6.11. The molecule has 0 unspecified atom stereocenters. The molecule has 2 rings (SSSR count). The van der Waals surface area contributed by atoms with Crippen molar-refractivity contribution >= 4 is 5.96 Å². The van der Waals surface area contributed by atoms with E-state index in [0.717, 1.165) is 32.0 Å². The highest BCUT2D eigenvalue weighted by molar-refractivity contribution is 5.80. The van der Waals surface area contributed by atoms with Gasteiger partial charge in [-0.2, -0.15) is 0 Å². The lowest BCUT2D eigenvalue weighted by Crippen LogP contribution is -2.41. The van der Waals surface area contributed by atoms with E-state index in [-0.39, 0.29) is 0 Å². The van der Waals surface area contributed by atoms with E-state index in [0.29, 0.717) is 0 Å². The standard InChI is InChI=1S/C15H23N3/c1-3-8-14(9-4-1)10-5-2-6-11-16-15-17-12-7-13-18-15/h1,3-4,8-9H,2,5-7,10-13H2,(H2,16,17,18). The van der Waals surface area contributed by atoms with Crippen molar-refractivity contribution in [2.45, 2.75) is 32.1 Å². The summed E-state index contributed by atoms with van der Waals surface area (Å²) in [5, 5.41) is 6.63. The average Bonchev–Trinajstić information content (AvgIpc) is 2.45. The smallest absolute Gasteiger partial charge is 0.191 e. The van der Waals surface area contributed by atoms with E-state index in [2.05, 4.69) is 46.0 Å². The number of nitrogens with zero attached hydrogens (tertiary/aromatic N) is 1. The third-order valence-corrected chi connectivity index (χ3v) is 3.17. The molecule has 2 N–H and O–H groups in total. The minimum absolute atomic E-state index is 0.962. The fourth-order valence-electron chi connectivity index (χ4n) is 2.13. The first-order valence-corrected chi connectivity index (χ1v) is 7.01. The van der Waals surface area contributed by atoms with Gasteiger partial charge in [0.05, 0.1) is 0 Å². The number of hydrogen-bond acceptors (Lipinski definition) is 3. The van der Waals surface area contributed by atoms with Gasteiger partial charge >= 0.3 is 0 Å². The summed E-state index contributed by atoms with van der Waals surface area (Å²) in [6.45, 7) is 3.05. The van der Waals surface area contributed by atoms with E-state index in [1.807, 2.05) is 0 Å². The maximum absolute atomic E-state index is 4.39. The second-order valence-electron chi connectivity index (χ2n) is 4.73. The van der Waals surface area contributed by atoms with Gasteiger partial charge in [0.2, 0.25) is 0 Å². The highest BCUT2D eigenvalue weighted by Gasteiger charge is 2.01. The molecule has 0 radical (unpaired) electrons. The quantitative estimate of drug-likeness (QED) is 0.755. The third-order valence-electron chi connectivity index (χ3n) is 3.17. The Kier molecular flexibility index (Phi) is 5.57. The molecule has 0 atom stereocenters. The number of aliphatic imine (C=N–C) groups is 1. The van der Waals surface area contributed by atoms with Crippen LogP contribution in [0, 0.1) is 0 Å². The Morgan fingerprint density at radius 2 is 2.00 bits per heavy atom. The van der Waals surface area contributed by atoms with E-state index in [9.17, 15) is 0 Å². The van der Waals surface area contributed by atoms with Crippen LogP contribution >= 0.6 is 0 Å². The van der Waals surface area contributed by atoms with Crippen molar-refractivity contribution in [2.24, 2.45) is 4.99 Å². The van der Waals surface area contributed by atoms with E-state index in [1.54, 1.807) is 0 Å². The fraction of sp³-hybridized carbons (Fsp3) is 0.533. The lowest BCUT2D eigenvalue weighted by molar-refractivity contribution is 0.642. The summed E-state index contributed by atoms with van der Waals surface area (Å²) < 4.78 is 0. The molecule has 18 heavy (non-hydrogen) atoms. The van der Waals surface area contributed by atoms with Gasteiger partial charge in [0.25, 0.3) is 0 Å². The summed E-state index contributed by atoms with van der Waals surface area (Å²) in [5.41, 5.74) is 1.45. The zero-order valence-corrected chi connectivity index (χ0v) is 11.0. The predicted molar refractivity (Wildman–Crippen MR) is 76.9 cm³/mol. The number of unbranched alkanes of at least 4 members (excludes halogenated alkanes) is 2. The molecule has 0 bridgehead atoms. The minimum Gasteiger partial charge on any atom is -0.356 e. The van der Waals surface area contributed by atoms with E-state index >= 15 is 0 Å². The van der Waals surface area contributed by atoms with Crippen LogP contribution in [0.2, 0.25) is 0 Å².